The van der Waals surface area contributed by atoms with E-state index < -0.39 is 0 Å². The average Bonchev–Trinajstić information content (AvgIpc) is 2.47. The van der Waals surface area contributed by atoms with Gasteiger partial charge in [0.1, 0.15) is 5.69 Å². The molecule has 5 heteroatoms. The molecule has 0 saturated heterocycles. The summed E-state index contributed by atoms with van der Waals surface area (Å²) in [5.41, 5.74) is 8.72. The van der Waals surface area contributed by atoms with Crippen LogP contribution >= 0.6 is 11.8 Å². The summed E-state index contributed by atoms with van der Waals surface area (Å²) < 4.78 is 0. The Bertz CT molecular complexity index is 603. The molecular formula is C15H14BrN3S. The van der Waals surface area contributed by atoms with Gasteiger partial charge < -0.3 is 17.0 Å². The largest absolute Gasteiger partial charge is 1.00 e. The SMILES string of the molecule is N#Cc1ccc(CSC(N)=[NH+]c2ccccc2)cc1.[Br-]. The topological polar surface area (TPSA) is 63.8 Å². The van der Waals surface area contributed by atoms with Crippen molar-refractivity contribution in [3.63, 3.8) is 0 Å². The quantitative estimate of drug-likeness (QED) is 0.526. The van der Waals surface area contributed by atoms with Crippen LogP contribution in [0.2, 0.25) is 0 Å². The molecule has 0 heterocycles. The van der Waals surface area contributed by atoms with Gasteiger partial charge >= 0.3 is 5.17 Å². The van der Waals surface area contributed by atoms with E-state index in [2.05, 4.69) is 11.1 Å². The molecule has 0 spiro atoms. The summed E-state index contributed by atoms with van der Waals surface area (Å²) >= 11 is 1.54. The average molecular weight is 348 g/mol. The second kappa shape index (κ2) is 8.41. The lowest BCUT2D eigenvalue weighted by molar-refractivity contribution is -0.351. The van der Waals surface area contributed by atoms with Crippen molar-refractivity contribution in [1.82, 2.24) is 0 Å². The second-order valence-electron chi connectivity index (χ2n) is 3.95. The van der Waals surface area contributed by atoms with Crippen molar-refractivity contribution in [2.75, 3.05) is 0 Å². The van der Waals surface area contributed by atoms with Crippen LogP contribution in [0.25, 0.3) is 0 Å². The van der Waals surface area contributed by atoms with Crippen LogP contribution in [0.3, 0.4) is 0 Å². The summed E-state index contributed by atoms with van der Waals surface area (Å²) in [5.74, 6) is 0.775. The minimum absolute atomic E-state index is 0. The molecule has 3 nitrogen and oxygen atoms in total. The molecule has 2 aromatic carbocycles. The number of amidine groups is 1. The van der Waals surface area contributed by atoms with Crippen LogP contribution < -0.4 is 27.7 Å². The van der Waals surface area contributed by atoms with Crippen molar-refractivity contribution >= 4 is 22.6 Å². The third kappa shape index (κ3) is 5.08. The predicted octanol–water partition coefficient (Wildman–Crippen LogP) is -1.48. The molecule has 0 aliphatic rings. The number of hydrogen-bond acceptors (Lipinski definition) is 2. The van der Waals surface area contributed by atoms with Gasteiger partial charge in [0, 0.05) is 5.75 Å². The van der Waals surface area contributed by atoms with Gasteiger partial charge in [-0.15, -0.1) is 0 Å². The van der Waals surface area contributed by atoms with E-state index in [4.69, 9.17) is 11.0 Å². The van der Waals surface area contributed by atoms with Crippen LogP contribution in [0.4, 0.5) is 5.69 Å². The summed E-state index contributed by atoms with van der Waals surface area (Å²) in [6.07, 6.45) is 0. The molecule has 0 aliphatic carbocycles. The first-order valence-electron chi connectivity index (χ1n) is 5.84. The highest BCUT2D eigenvalue weighted by Crippen LogP contribution is 2.11. The zero-order chi connectivity index (χ0) is 13.5. The van der Waals surface area contributed by atoms with Crippen LogP contribution in [-0.2, 0) is 5.75 Å². The highest BCUT2D eigenvalue weighted by Gasteiger charge is 2.02. The van der Waals surface area contributed by atoms with Gasteiger partial charge in [-0.2, -0.15) is 5.26 Å². The first-order chi connectivity index (χ1) is 9.28. The first-order valence-corrected chi connectivity index (χ1v) is 6.83. The fourth-order valence-electron chi connectivity index (χ4n) is 1.54. The summed E-state index contributed by atoms with van der Waals surface area (Å²) in [4.78, 5) is 3.14. The van der Waals surface area contributed by atoms with E-state index in [0.717, 1.165) is 17.0 Å². The molecule has 20 heavy (non-hydrogen) atoms. The summed E-state index contributed by atoms with van der Waals surface area (Å²) in [6.45, 7) is 0. The Morgan fingerprint density at radius 3 is 2.35 bits per heavy atom. The maximum Gasteiger partial charge on any atom is 0.307 e. The number of nitriles is 1. The third-order valence-electron chi connectivity index (χ3n) is 2.52. The van der Waals surface area contributed by atoms with Crippen molar-refractivity contribution in [2.24, 2.45) is 5.73 Å². The standard InChI is InChI=1S/C15H13N3S.BrH/c16-10-12-6-8-13(9-7-12)11-19-15(17)18-14-4-2-1-3-5-14;/h1-9H,11H2,(H2,17,18);1H. The Labute approximate surface area is 133 Å². The van der Waals surface area contributed by atoms with E-state index in [9.17, 15) is 0 Å². The maximum absolute atomic E-state index is 8.72. The Morgan fingerprint density at radius 2 is 1.75 bits per heavy atom. The molecule has 0 amide bonds. The van der Waals surface area contributed by atoms with Crippen LogP contribution in [0.1, 0.15) is 11.1 Å². The summed E-state index contributed by atoms with van der Waals surface area (Å²) in [5, 5.41) is 9.38. The smallest absolute Gasteiger partial charge is 0.307 e. The third-order valence-corrected chi connectivity index (χ3v) is 3.41. The fraction of sp³-hybridized carbons (Fsp3) is 0.0667. The second-order valence-corrected chi connectivity index (χ2v) is 4.97. The van der Waals surface area contributed by atoms with E-state index in [1.807, 2.05) is 54.6 Å². The Kier molecular flexibility index (Phi) is 6.85. The van der Waals surface area contributed by atoms with Gasteiger partial charge in [-0.05, 0) is 41.6 Å². The van der Waals surface area contributed by atoms with Crippen molar-refractivity contribution in [2.45, 2.75) is 5.75 Å². The molecular weight excluding hydrogens is 334 g/mol. The molecule has 0 aromatic heterocycles. The zero-order valence-electron chi connectivity index (χ0n) is 10.7. The van der Waals surface area contributed by atoms with Crippen molar-refractivity contribution in [3.8, 4) is 6.07 Å². The summed E-state index contributed by atoms with van der Waals surface area (Å²) in [6, 6.07) is 19.4. The van der Waals surface area contributed by atoms with Crippen LogP contribution in [0.15, 0.2) is 54.6 Å². The Balaban J connectivity index is 0.00000200. The van der Waals surface area contributed by atoms with Crippen LogP contribution in [0, 0.1) is 11.3 Å². The van der Waals surface area contributed by atoms with E-state index in [1.165, 1.54) is 11.8 Å². The lowest BCUT2D eigenvalue weighted by Crippen LogP contribution is -3.00. The van der Waals surface area contributed by atoms with Gasteiger partial charge in [0.15, 0.2) is 0 Å². The molecule has 3 N–H and O–H groups in total. The molecule has 0 bridgehead atoms. The minimum Gasteiger partial charge on any atom is -1.00 e. The first kappa shape index (κ1) is 16.3. The molecule has 0 atom stereocenters. The number of para-hydroxylation sites is 1. The number of halogens is 1. The van der Waals surface area contributed by atoms with Crippen molar-refractivity contribution < 1.29 is 22.0 Å². The minimum atomic E-state index is 0. The van der Waals surface area contributed by atoms with Crippen molar-refractivity contribution in [1.29, 1.82) is 5.26 Å². The Morgan fingerprint density at radius 1 is 1.10 bits per heavy atom. The molecule has 2 aromatic rings. The summed E-state index contributed by atoms with van der Waals surface area (Å²) in [7, 11) is 0. The molecule has 102 valence electrons. The van der Waals surface area contributed by atoms with E-state index in [0.29, 0.717) is 10.7 Å². The number of hydrogen-bond donors (Lipinski definition) is 2. The molecule has 0 aliphatic heterocycles. The zero-order valence-corrected chi connectivity index (χ0v) is 13.1. The van der Waals surface area contributed by atoms with E-state index in [-0.39, 0.29) is 17.0 Å². The number of nitrogens with one attached hydrogen (secondary N) is 1. The van der Waals surface area contributed by atoms with Gasteiger partial charge in [0.05, 0.1) is 11.6 Å². The number of thioether (sulfide) groups is 1. The van der Waals surface area contributed by atoms with Crippen LogP contribution in [-0.4, -0.2) is 5.17 Å². The number of rotatable bonds is 3. The Hall–Kier alpha value is -1.77. The van der Waals surface area contributed by atoms with Gasteiger partial charge in [-0.3, -0.25) is 5.73 Å². The van der Waals surface area contributed by atoms with Crippen LogP contribution in [0.5, 0.6) is 0 Å². The molecule has 0 radical (unpaired) electrons. The number of nitrogens with two attached hydrogens (primary N) is 1. The van der Waals surface area contributed by atoms with Gasteiger partial charge in [0.25, 0.3) is 0 Å². The lowest BCUT2D eigenvalue weighted by Gasteiger charge is -1.98. The monoisotopic (exact) mass is 347 g/mol. The highest BCUT2D eigenvalue weighted by molar-refractivity contribution is 8.12. The van der Waals surface area contributed by atoms with E-state index in [1.54, 1.807) is 0 Å². The molecule has 0 unspecified atom stereocenters. The van der Waals surface area contributed by atoms with Gasteiger partial charge in [-0.1, -0.05) is 30.3 Å². The molecule has 0 fully saturated rings. The fourth-order valence-corrected chi connectivity index (χ4v) is 2.24. The van der Waals surface area contributed by atoms with Gasteiger partial charge in [0.2, 0.25) is 0 Å². The van der Waals surface area contributed by atoms with Crippen molar-refractivity contribution in [3.05, 3.63) is 65.7 Å². The molecule has 0 saturated carbocycles. The maximum atomic E-state index is 8.72. The van der Waals surface area contributed by atoms with E-state index >= 15 is 0 Å². The lowest BCUT2D eigenvalue weighted by atomic mass is 10.2. The number of benzene rings is 2. The highest BCUT2D eigenvalue weighted by atomic mass is 79.9. The predicted molar refractivity (Wildman–Crippen MR) is 78.7 cm³/mol. The van der Waals surface area contributed by atoms with Gasteiger partial charge in [-0.25, -0.2) is 4.99 Å². The normalized spacial score (nSPS) is 10.4. The molecule has 2 rings (SSSR count). The number of nitrogens with zero attached hydrogens (tertiary/aromatic N) is 1.